The molecule has 0 N–H and O–H groups in total. The summed E-state index contributed by atoms with van der Waals surface area (Å²) in [6.07, 6.45) is 0.509. The lowest BCUT2D eigenvalue weighted by Crippen LogP contribution is -2.39. The number of amides is 2. The minimum absolute atomic E-state index is 0.120. The second-order valence-electron chi connectivity index (χ2n) is 8.37. The van der Waals surface area contributed by atoms with Gasteiger partial charge in [-0.3, -0.25) is 9.59 Å². The van der Waals surface area contributed by atoms with E-state index in [9.17, 15) is 9.59 Å². The number of ether oxygens (including phenoxy) is 3. The highest BCUT2D eigenvalue weighted by molar-refractivity contribution is 6.05. The molecule has 4 rings (SSSR count). The molecular formula is C28H29N3O5. The normalized spacial score (nSPS) is 14.7. The Kier molecular flexibility index (Phi) is 7.53. The van der Waals surface area contributed by atoms with Crippen LogP contribution in [0.5, 0.6) is 17.2 Å². The molecule has 0 bridgehead atoms. The third kappa shape index (κ3) is 5.17. The van der Waals surface area contributed by atoms with Gasteiger partial charge in [0.2, 0.25) is 0 Å². The zero-order valence-corrected chi connectivity index (χ0v) is 20.8. The summed E-state index contributed by atoms with van der Waals surface area (Å²) in [5.41, 5.74) is 2.94. The molecular weight excluding hydrogens is 458 g/mol. The van der Waals surface area contributed by atoms with Gasteiger partial charge < -0.3 is 19.1 Å². The number of methoxy groups -OCH3 is 3. The number of likely N-dealkylation sites (N-methyl/N-ethyl adjacent to an activating group) is 1. The van der Waals surface area contributed by atoms with Crippen molar-refractivity contribution in [2.75, 3.05) is 34.9 Å². The summed E-state index contributed by atoms with van der Waals surface area (Å²) in [6.45, 7) is -0.120. The fraction of sp³-hybridized carbons (Fsp3) is 0.250. The van der Waals surface area contributed by atoms with Crippen molar-refractivity contribution in [3.63, 3.8) is 0 Å². The van der Waals surface area contributed by atoms with Crippen LogP contribution in [0.3, 0.4) is 0 Å². The van der Waals surface area contributed by atoms with Gasteiger partial charge >= 0.3 is 0 Å². The van der Waals surface area contributed by atoms with E-state index in [0.717, 1.165) is 16.8 Å². The summed E-state index contributed by atoms with van der Waals surface area (Å²) >= 11 is 0. The van der Waals surface area contributed by atoms with Crippen LogP contribution in [0.15, 0.2) is 77.9 Å². The van der Waals surface area contributed by atoms with E-state index in [1.165, 1.54) is 9.91 Å². The second-order valence-corrected chi connectivity index (χ2v) is 8.37. The average molecular weight is 488 g/mol. The first kappa shape index (κ1) is 24.8. The van der Waals surface area contributed by atoms with Gasteiger partial charge in [-0.2, -0.15) is 5.10 Å². The molecule has 8 nitrogen and oxygen atoms in total. The number of hydrogen-bond acceptors (Lipinski definition) is 6. The Balaban J connectivity index is 1.60. The Morgan fingerprint density at radius 3 is 2.22 bits per heavy atom. The van der Waals surface area contributed by atoms with Crippen LogP contribution in [0, 0.1) is 0 Å². The van der Waals surface area contributed by atoms with Crippen molar-refractivity contribution in [3.05, 3.63) is 89.5 Å². The lowest BCUT2D eigenvalue weighted by Gasteiger charge is -2.25. The molecule has 3 aromatic rings. The largest absolute Gasteiger partial charge is 0.497 e. The number of hydrogen-bond donors (Lipinski definition) is 0. The molecule has 1 aliphatic rings. The minimum Gasteiger partial charge on any atom is -0.497 e. The summed E-state index contributed by atoms with van der Waals surface area (Å²) in [6, 6.07) is 21.7. The molecule has 186 valence electrons. The maximum absolute atomic E-state index is 13.5. The third-order valence-corrected chi connectivity index (χ3v) is 6.13. The van der Waals surface area contributed by atoms with Gasteiger partial charge in [0.1, 0.15) is 23.8 Å². The van der Waals surface area contributed by atoms with Crippen LogP contribution in [-0.2, 0) is 4.79 Å². The van der Waals surface area contributed by atoms with Gasteiger partial charge in [0.25, 0.3) is 11.8 Å². The van der Waals surface area contributed by atoms with Gasteiger partial charge in [0, 0.05) is 30.7 Å². The first-order valence-electron chi connectivity index (χ1n) is 11.5. The van der Waals surface area contributed by atoms with Crippen LogP contribution >= 0.6 is 0 Å². The third-order valence-electron chi connectivity index (χ3n) is 6.13. The Labute approximate surface area is 210 Å². The van der Waals surface area contributed by atoms with Crippen LogP contribution in [0.4, 0.5) is 0 Å². The summed E-state index contributed by atoms with van der Waals surface area (Å²) in [4.78, 5) is 27.8. The summed E-state index contributed by atoms with van der Waals surface area (Å²) in [7, 11) is 6.36. The van der Waals surface area contributed by atoms with Crippen LogP contribution in [0.1, 0.15) is 33.9 Å². The van der Waals surface area contributed by atoms with E-state index in [-0.39, 0.29) is 24.4 Å². The SMILES string of the molecule is COc1ccc(C(=O)N(C)CC(=O)N2N=C(c3ccc(OC)cc3OC)C[C@@H]2c2ccccc2)cc1. The molecule has 0 aromatic heterocycles. The van der Waals surface area contributed by atoms with Gasteiger partial charge in [0.05, 0.1) is 33.1 Å². The topological polar surface area (TPSA) is 80.7 Å². The minimum atomic E-state index is -0.301. The van der Waals surface area contributed by atoms with Crippen LogP contribution in [-0.4, -0.2) is 62.4 Å². The molecule has 0 aliphatic carbocycles. The van der Waals surface area contributed by atoms with Gasteiger partial charge in [-0.15, -0.1) is 0 Å². The zero-order chi connectivity index (χ0) is 25.7. The monoisotopic (exact) mass is 487 g/mol. The van der Waals surface area contributed by atoms with Crippen molar-refractivity contribution >= 4 is 17.5 Å². The van der Waals surface area contributed by atoms with E-state index >= 15 is 0 Å². The van der Waals surface area contributed by atoms with E-state index in [1.54, 1.807) is 58.7 Å². The summed E-state index contributed by atoms with van der Waals surface area (Å²) in [5, 5.41) is 6.19. The number of benzene rings is 3. The maximum Gasteiger partial charge on any atom is 0.262 e. The molecule has 36 heavy (non-hydrogen) atoms. The van der Waals surface area contributed by atoms with Gasteiger partial charge in [-0.05, 0) is 42.0 Å². The van der Waals surface area contributed by atoms with Crippen molar-refractivity contribution in [3.8, 4) is 17.2 Å². The number of carbonyl (C=O) groups excluding carboxylic acids is 2. The predicted molar refractivity (Wildman–Crippen MR) is 137 cm³/mol. The number of hydrazone groups is 1. The highest BCUT2D eigenvalue weighted by atomic mass is 16.5. The quantitative estimate of drug-likeness (QED) is 0.477. The highest BCUT2D eigenvalue weighted by Gasteiger charge is 2.34. The zero-order valence-electron chi connectivity index (χ0n) is 20.8. The first-order valence-corrected chi connectivity index (χ1v) is 11.5. The predicted octanol–water partition coefficient (Wildman–Crippen LogP) is 4.16. The van der Waals surface area contributed by atoms with E-state index in [0.29, 0.717) is 29.2 Å². The number of carbonyl (C=O) groups is 2. The summed E-state index contributed by atoms with van der Waals surface area (Å²) < 4.78 is 16.0. The van der Waals surface area contributed by atoms with Crippen molar-refractivity contribution in [2.45, 2.75) is 12.5 Å². The molecule has 0 spiro atoms. The van der Waals surface area contributed by atoms with Crippen molar-refractivity contribution in [2.24, 2.45) is 5.10 Å². The van der Waals surface area contributed by atoms with Crippen LogP contribution < -0.4 is 14.2 Å². The maximum atomic E-state index is 13.5. The smallest absolute Gasteiger partial charge is 0.262 e. The molecule has 0 radical (unpaired) electrons. The molecule has 0 unspecified atom stereocenters. The summed E-state index contributed by atoms with van der Waals surface area (Å²) in [5.74, 6) is 1.39. The van der Waals surface area contributed by atoms with E-state index < -0.39 is 0 Å². The molecule has 1 atom stereocenters. The molecule has 1 heterocycles. The molecule has 1 aliphatic heterocycles. The average Bonchev–Trinajstić information content (AvgIpc) is 3.38. The van der Waals surface area contributed by atoms with E-state index in [4.69, 9.17) is 19.3 Å². The fourth-order valence-corrected chi connectivity index (χ4v) is 4.18. The molecule has 0 fully saturated rings. The Hall–Kier alpha value is -4.33. The molecule has 0 saturated heterocycles. The fourth-order valence-electron chi connectivity index (χ4n) is 4.18. The Morgan fingerprint density at radius 2 is 1.58 bits per heavy atom. The van der Waals surface area contributed by atoms with Crippen LogP contribution in [0.25, 0.3) is 0 Å². The molecule has 8 heteroatoms. The van der Waals surface area contributed by atoms with Gasteiger partial charge in [-0.1, -0.05) is 30.3 Å². The van der Waals surface area contributed by atoms with Crippen LogP contribution in [0.2, 0.25) is 0 Å². The van der Waals surface area contributed by atoms with Gasteiger partial charge in [-0.25, -0.2) is 5.01 Å². The van der Waals surface area contributed by atoms with Crippen molar-refractivity contribution in [1.29, 1.82) is 0 Å². The lowest BCUT2D eigenvalue weighted by molar-refractivity contribution is -0.133. The highest BCUT2D eigenvalue weighted by Crippen LogP contribution is 2.36. The lowest BCUT2D eigenvalue weighted by atomic mass is 9.98. The first-order chi connectivity index (χ1) is 17.4. The van der Waals surface area contributed by atoms with Crippen molar-refractivity contribution in [1.82, 2.24) is 9.91 Å². The van der Waals surface area contributed by atoms with E-state index in [2.05, 4.69) is 0 Å². The van der Waals surface area contributed by atoms with Gasteiger partial charge in [0.15, 0.2) is 0 Å². The second kappa shape index (κ2) is 10.9. The van der Waals surface area contributed by atoms with Crippen molar-refractivity contribution < 1.29 is 23.8 Å². The van der Waals surface area contributed by atoms with E-state index in [1.807, 2.05) is 42.5 Å². The molecule has 3 aromatic carbocycles. The molecule has 2 amide bonds. The number of rotatable bonds is 8. The standard InChI is InChI=1S/C28H29N3O5/c1-30(28(33)20-10-12-21(34-2)13-11-20)18-27(32)31-25(19-8-6-5-7-9-19)17-24(29-31)23-15-14-22(35-3)16-26(23)36-4/h5-16,25H,17-18H2,1-4H3/t25-/m1/s1. The Bertz CT molecular complexity index is 1260. The Morgan fingerprint density at radius 1 is 0.917 bits per heavy atom. The molecule has 0 saturated carbocycles. The number of nitrogens with zero attached hydrogens (tertiary/aromatic N) is 3.